The Bertz CT molecular complexity index is 639. The van der Waals surface area contributed by atoms with E-state index in [1.165, 1.54) is 0 Å². The number of nitrogens with zero attached hydrogens (tertiary/aromatic N) is 2. The van der Waals surface area contributed by atoms with Gasteiger partial charge in [0.15, 0.2) is 5.84 Å². The first-order valence-corrected chi connectivity index (χ1v) is 7.88. The fourth-order valence-corrected chi connectivity index (χ4v) is 3.90. The van der Waals surface area contributed by atoms with Gasteiger partial charge in [0.2, 0.25) is 0 Å². The quantitative estimate of drug-likeness (QED) is 0.762. The van der Waals surface area contributed by atoms with Gasteiger partial charge in [-0.3, -0.25) is 0 Å². The van der Waals surface area contributed by atoms with Gasteiger partial charge in [0.25, 0.3) is 10.0 Å². The highest BCUT2D eigenvalue weighted by Crippen LogP contribution is 2.29. The summed E-state index contributed by atoms with van der Waals surface area (Å²) in [6, 6.07) is 7.18. The van der Waals surface area contributed by atoms with Crippen LogP contribution in [0.2, 0.25) is 0 Å². The third kappa shape index (κ3) is 2.04. The highest BCUT2D eigenvalue weighted by molar-refractivity contribution is 7.90. The Hall–Kier alpha value is -1.40. The summed E-state index contributed by atoms with van der Waals surface area (Å²) in [5, 5.41) is 0. The minimum atomic E-state index is -3.52. The average Bonchev–Trinajstić information content (AvgIpc) is 2.66. The molecule has 0 bridgehead atoms. The van der Waals surface area contributed by atoms with Gasteiger partial charge in [-0.2, -0.15) is 8.42 Å². The van der Waals surface area contributed by atoms with E-state index in [1.807, 2.05) is 17.0 Å². The second-order valence-corrected chi connectivity index (χ2v) is 6.83. The lowest BCUT2D eigenvalue weighted by Crippen LogP contribution is -2.48. The first-order chi connectivity index (χ1) is 8.99. The maximum atomic E-state index is 12.0. The van der Waals surface area contributed by atoms with Crippen LogP contribution in [0.5, 0.6) is 0 Å². The molecule has 1 fully saturated rings. The van der Waals surface area contributed by atoms with Crippen molar-refractivity contribution in [2.45, 2.75) is 24.3 Å². The third-order valence-corrected chi connectivity index (χ3v) is 5.21. The van der Waals surface area contributed by atoms with Gasteiger partial charge in [-0.25, -0.2) is 0 Å². The summed E-state index contributed by atoms with van der Waals surface area (Å²) >= 11 is 0. The van der Waals surface area contributed by atoms with E-state index in [0.717, 1.165) is 19.5 Å². The molecule has 5 nitrogen and oxygen atoms in total. The number of rotatable bonds is 0. The highest BCUT2D eigenvalue weighted by Gasteiger charge is 2.34. The lowest BCUT2D eigenvalue weighted by Gasteiger charge is -2.36. The molecule has 19 heavy (non-hydrogen) atoms. The second-order valence-electron chi connectivity index (χ2n) is 5.26. The Balaban J connectivity index is 1.99. The van der Waals surface area contributed by atoms with Crippen LogP contribution in [0.25, 0.3) is 0 Å². The number of sulfonamides is 1. The predicted molar refractivity (Wildman–Crippen MR) is 73.5 cm³/mol. The zero-order valence-electron chi connectivity index (χ0n) is 10.8. The molecule has 6 heteroatoms. The molecule has 2 N–H and O–H groups in total. The Morgan fingerprint density at radius 2 is 2.11 bits per heavy atom. The first-order valence-electron chi connectivity index (χ1n) is 6.44. The summed E-state index contributed by atoms with van der Waals surface area (Å²) in [6.07, 6.45) is 0.863. The van der Waals surface area contributed by atoms with Crippen LogP contribution in [0.4, 0.5) is 0 Å². The van der Waals surface area contributed by atoms with Gasteiger partial charge in [-0.05, 0) is 24.5 Å². The topological polar surface area (TPSA) is 75.8 Å². The smallest absolute Gasteiger partial charge is 0.285 e. The number of hydrogen-bond acceptors (Lipinski definition) is 4. The molecule has 2 aliphatic rings. The van der Waals surface area contributed by atoms with Crippen molar-refractivity contribution < 1.29 is 8.42 Å². The van der Waals surface area contributed by atoms with Crippen molar-refractivity contribution in [3.63, 3.8) is 0 Å². The largest absolute Gasteiger partial charge is 0.355 e. The molecule has 0 spiro atoms. The van der Waals surface area contributed by atoms with Crippen molar-refractivity contribution in [1.29, 1.82) is 0 Å². The standard InChI is InChI=1S/C13H17N3O2S/c1-9-8-16(7-6-11(9)14)13-10-4-2-3-5-12(10)19(17,18)15-13/h2-5,9,11H,6-8,14H2,1H3. The Labute approximate surface area is 113 Å². The first kappa shape index (κ1) is 12.6. The maximum absolute atomic E-state index is 12.0. The van der Waals surface area contributed by atoms with Crippen LogP contribution >= 0.6 is 0 Å². The summed E-state index contributed by atoms with van der Waals surface area (Å²) in [5.41, 5.74) is 6.72. The van der Waals surface area contributed by atoms with E-state index in [-0.39, 0.29) is 6.04 Å². The van der Waals surface area contributed by atoms with Crippen molar-refractivity contribution in [2.24, 2.45) is 16.0 Å². The zero-order chi connectivity index (χ0) is 13.6. The van der Waals surface area contributed by atoms with E-state index in [4.69, 9.17) is 5.73 Å². The maximum Gasteiger partial charge on any atom is 0.285 e. The normalized spacial score (nSPS) is 28.9. The Kier molecular flexibility index (Phi) is 2.87. The van der Waals surface area contributed by atoms with Crippen LogP contribution in [-0.4, -0.2) is 38.3 Å². The summed E-state index contributed by atoms with van der Waals surface area (Å²) < 4.78 is 28.0. The molecule has 0 aromatic heterocycles. The highest BCUT2D eigenvalue weighted by atomic mass is 32.2. The SMILES string of the molecule is CC1CN(C2=NS(=O)(=O)c3ccccc32)CCC1N. The van der Waals surface area contributed by atoms with Crippen molar-refractivity contribution in [1.82, 2.24) is 4.90 Å². The van der Waals surface area contributed by atoms with E-state index >= 15 is 0 Å². The number of amidine groups is 1. The molecule has 2 aliphatic heterocycles. The summed E-state index contributed by atoms with van der Waals surface area (Å²) in [4.78, 5) is 2.35. The molecule has 102 valence electrons. The molecule has 1 aromatic rings. The van der Waals surface area contributed by atoms with E-state index in [9.17, 15) is 8.42 Å². The number of piperidine rings is 1. The van der Waals surface area contributed by atoms with Crippen LogP contribution in [0, 0.1) is 5.92 Å². The minimum absolute atomic E-state index is 0.185. The molecule has 2 unspecified atom stereocenters. The second kappa shape index (κ2) is 4.31. The lowest BCUT2D eigenvalue weighted by atomic mass is 9.94. The number of hydrogen-bond donors (Lipinski definition) is 1. The molecular formula is C13H17N3O2S. The molecule has 2 atom stereocenters. The zero-order valence-corrected chi connectivity index (χ0v) is 11.6. The number of fused-ring (bicyclic) bond motifs is 1. The summed E-state index contributed by atoms with van der Waals surface area (Å²) in [6.45, 7) is 3.60. The van der Waals surface area contributed by atoms with Crippen LogP contribution in [0.15, 0.2) is 33.6 Å². The molecule has 3 rings (SSSR count). The van der Waals surface area contributed by atoms with Gasteiger partial charge in [-0.1, -0.05) is 19.1 Å². The van der Waals surface area contributed by atoms with E-state index in [1.54, 1.807) is 12.1 Å². The van der Waals surface area contributed by atoms with Crippen LogP contribution < -0.4 is 5.73 Å². The molecule has 2 heterocycles. The molecule has 0 aliphatic carbocycles. The van der Waals surface area contributed by atoms with E-state index in [0.29, 0.717) is 22.2 Å². The summed E-state index contributed by atoms with van der Waals surface area (Å²) in [5.74, 6) is 0.918. The van der Waals surface area contributed by atoms with E-state index in [2.05, 4.69) is 11.3 Å². The fraction of sp³-hybridized carbons (Fsp3) is 0.462. The predicted octanol–water partition coefficient (Wildman–Crippen LogP) is 0.805. The van der Waals surface area contributed by atoms with Crippen molar-refractivity contribution in [3.05, 3.63) is 29.8 Å². The van der Waals surface area contributed by atoms with Crippen molar-refractivity contribution >= 4 is 15.9 Å². The summed E-state index contributed by atoms with van der Waals surface area (Å²) in [7, 11) is -3.52. The molecule has 1 saturated heterocycles. The van der Waals surface area contributed by atoms with Gasteiger partial charge >= 0.3 is 0 Å². The fourth-order valence-electron chi connectivity index (χ4n) is 2.67. The number of benzene rings is 1. The van der Waals surface area contributed by atoms with E-state index < -0.39 is 10.0 Å². The molecule has 0 radical (unpaired) electrons. The minimum Gasteiger partial charge on any atom is -0.355 e. The monoisotopic (exact) mass is 279 g/mol. The Morgan fingerprint density at radius 1 is 1.37 bits per heavy atom. The van der Waals surface area contributed by atoms with Gasteiger partial charge in [-0.15, -0.1) is 4.40 Å². The van der Waals surface area contributed by atoms with Crippen molar-refractivity contribution in [3.8, 4) is 0 Å². The number of likely N-dealkylation sites (tertiary alicyclic amines) is 1. The van der Waals surface area contributed by atoms with Crippen LogP contribution in [0.1, 0.15) is 18.9 Å². The third-order valence-electron chi connectivity index (χ3n) is 3.88. The Morgan fingerprint density at radius 3 is 2.84 bits per heavy atom. The van der Waals surface area contributed by atoms with Gasteiger partial charge in [0.1, 0.15) is 4.90 Å². The molecule has 1 aromatic carbocycles. The molecule has 0 amide bonds. The average molecular weight is 279 g/mol. The van der Waals surface area contributed by atoms with Crippen LogP contribution in [-0.2, 0) is 10.0 Å². The molecular weight excluding hydrogens is 262 g/mol. The number of nitrogens with two attached hydrogens (primary N) is 1. The van der Waals surface area contributed by atoms with Crippen LogP contribution in [0.3, 0.4) is 0 Å². The van der Waals surface area contributed by atoms with Gasteiger partial charge in [0, 0.05) is 24.7 Å². The van der Waals surface area contributed by atoms with Gasteiger partial charge < -0.3 is 10.6 Å². The van der Waals surface area contributed by atoms with Crippen molar-refractivity contribution in [2.75, 3.05) is 13.1 Å². The van der Waals surface area contributed by atoms with Gasteiger partial charge in [0.05, 0.1) is 0 Å². The molecule has 0 saturated carbocycles. The lowest BCUT2D eigenvalue weighted by molar-refractivity contribution is 0.242.